The number of benzene rings is 1. The minimum Gasteiger partial charge on any atom is -0.203 e. The van der Waals surface area contributed by atoms with Crippen LogP contribution < -0.4 is 4.72 Å². The minimum atomic E-state index is -4.54. The number of rotatable bonds is 1. The lowest BCUT2D eigenvalue weighted by Gasteiger charge is -2.12. The van der Waals surface area contributed by atoms with Gasteiger partial charge in [-0.15, -0.1) is 0 Å². The van der Waals surface area contributed by atoms with E-state index in [1.165, 1.54) is 0 Å². The molecule has 0 amide bonds. The van der Waals surface area contributed by atoms with Crippen LogP contribution in [0.3, 0.4) is 0 Å². The molecular weight excluding hydrogens is 251 g/mol. The molecule has 1 aliphatic heterocycles. The van der Waals surface area contributed by atoms with E-state index in [2.05, 4.69) is 14.1 Å². The average molecular weight is 258 g/mol. The van der Waals surface area contributed by atoms with Crippen LogP contribution in [-0.4, -0.2) is 17.8 Å². The van der Waals surface area contributed by atoms with E-state index in [0.29, 0.717) is 17.7 Å². The van der Waals surface area contributed by atoms with Crippen LogP contribution in [-0.2, 0) is 0 Å². The number of nitrogens with zero attached hydrogens (tertiary/aromatic N) is 3. The lowest BCUT2D eigenvalue weighted by Crippen LogP contribution is -2.31. The van der Waals surface area contributed by atoms with Gasteiger partial charge in [0.1, 0.15) is 12.1 Å². The van der Waals surface area contributed by atoms with Crippen molar-refractivity contribution >= 4 is 23.8 Å². The van der Waals surface area contributed by atoms with Crippen molar-refractivity contribution in [3.8, 4) is 0 Å². The summed E-state index contributed by atoms with van der Waals surface area (Å²) in [7, 11) is 0. The molecule has 3 nitrogen and oxygen atoms in total. The van der Waals surface area contributed by atoms with Crippen molar-refractivity contribution in [3.05, 3.63) is 35.4 Å². The van der Waals surface area contributed by atoms with E-state index in [0.717, 1.165) is 5.56 Å². The van der Waals surface area contributed by atoms with Gasteiger partial charge in [-0.25, -0.2) is 4.99 Å². The topological polar surface area (TPSA) is 38.8 Å². The third-order valence-corrected chi connectivity index (χ3v) is 2.54. The molecule has 17 heavy (non-hydrogen) atoms. The van der Waals surface area contributed by atoms with Gasteiger partial charge < -0.3 is 0 Å². The van der Waals surface area contributed by atoms with Crippen LogP contribution in [0.4, 0.5) is 13.2 Å². The van der Waals surface area contributed by atoms with Crippen LogP contribution >= 0.6 is 12.1 Å². The zero-order chi connectivity index (χ0) is 12.5. The molecule has 0 fully saturated rings. The number of aryl methyl sites for hydroxylation is 1. The Labute approximate surface area is 100 Å². The molecule has 0 saturated heterocycles. The summed E-state index contributed by atoms with van der Waals surface area (Å²) in [6.07, 6.45) is -4.54. The summed E-state index contributed by atoms with van der Waals surface area (Å²) in [6.45, 7) is 1.89. The molecule has 0 aliphatic carbocycles. The summed E-state index contributed by atoms with van der Waals surface area (Å²) < 4.78 is 44.1. The highest BCUT2D eigenvalue weighted by molar-refractivity contribution is 7.96. The fraction of sp³-hybridized carbons (Fsp3) is 0.200. The Bertz CT molecular complexity index is 477. The number of alkyl halides is 3. The average Bonchev–Trinajstić information content (AvgIpc) is 2.29. The molecule has 89 valence electrons. The Balaban J connectivity index is 2.31. The van der Waals surface area contributed by atoms with Gasteiger partial charge in [0.05, 0.1) is 0 Å². The van der Waals surface area contributed by atoms with Gasteiger partial charge in [0, 0.05) is 5.56 Å². The molecule has 0 atom stereocenters. The first-order valence-corrected chi connectivity index (χ1v) is 5.38. The zero-order valence-corrected chi connectivity index (χ0v) is 9.51. The molecule has 0 saturated carbocycles. The number of amidine groups is 2. The van der Waals surface area contributed by atoms with Crippen molar-refractivity contribution in [3.63, 3.8) is 0 Å². The molecule has 0 bridgehead atoms. The second-order valence-electron chi connectivity index (χ2n) is 3.39. The van der Waals surface area contributed by atoms with E-state index < -0.39 is 12.0 Å². The predicted octanol–water partition coefficient (Wildman–Crippen LogP) is 2.88. The Morgan fingerprint density at radius 3 is 2.35 bits per heavy atom. The highest BCUT2D eigenvalue weighted by atomic mass is 32.2. The molecule has 0 spiro atoms. The molecule has 1 aromatic rings. The van der Waals surface area contributed by atoms with Crippen LogP contribution in [0, 0.1) is 6.92 Å². The zero-order valence-electron chi connectivity index (χ0n) is 8.69. The lowest BCUT2D eigenvalue weighted by molar-refractivity contribution is -0.0606. The molecule has 0 N–H and O–H groups in total. The van der Waals surface area contributed by atoms with Gasteiger partial charge in [0.2, 0.25) is 5.84 Å². The van der Waals surface area contributed by atoms with Crippen LogP contribution in [0.2, 0.25) is 0 Å². The van der Waals surface area contributed by atoms with Crippen molar-refractivity contribution < 1.29 is 13.2 Å². The number of hydrogen-bond acceptors (Lipinski definition) is 3. The van der Waals surface area contributed by atoms with Crippen LogP contribution in [0.5, 0.6) is 0 Å². The summed E-state index contributed by atoms with van der Waals surface area (Å²) in [4.78, 5) is 3.41. The minimum absolute atomic E-state index is 0.0392. The third kappa shape index (κ3) is 2.79. The smallest absolute Gasteiger partial charge is 0.203 e. The summed E-state index contributed by atoms with van der Waals surface area (Å²) in [5, 5.41) is 0. The van der Waals surface area contributed by atoms with Gasteiger partial charge in [-0.2, -0.15) is 22.3 Å². The first kappa shape index (κ1) is 12.0. The second-order valence-corrected chi connectivity index (χ2v) is 3.92. The normalized spacial score (nSPS) is 16.0. The molecule has 0 unspecified atom stereocenters. The molecule has 1 aromatic carbocycles. The molecule has 0 aromatic heterocycles. The van der Waals surface area contributed by atoms with Gasteiger partial charge in [0.15, 0.2) is 5.84 Å². The highest BCUT2D eigenvalue weighted by Gasteiger charge is 2.39. The Hall–Kier alpha value is -1.50. The maximum atomic E-state index is 12.4. The first-order valence-electron chi connectivity index (χ1n) is 4.65. The maximum Gasteiger partial charge on any atom is 0.452 e. The molecule has 1 radical (unpaired) electrons. The molecule has 1 heterocycles. The van der Waals surface area contributed by atoms with Crippen molar-refractivity contribution in [1.82, 2.24) is 4.72 Å². The lowest BCUT2D eigenvalue weighted by atomic mass is 10.1. The van der Waals surface area contributed by atoms with E-state index >= 15 is 0 Å². The monoisotopic (exact) mass is 258 g/mol. The van der Waals surface area contributed by atoms with E-state index in [9.17, 15) is 13.2 Å². The van der Waals surface area contributed by atoms with Crippen molar-refractivity contribution in [1.29, 1.82) is 0 Å². The van der Waals surface area contributed by atoms with E-state index in [1.807, 2.05) is 6.92 Å². The first-order chi connectivity index (χ1) is 7.97. The molecule has 1 aliphatic rings. The SMILES string of the molecule is Cc1ccc(C2=NS[N]C(C(F)(F)F)=N2)cc1. The standard InChI is InChI=1S/C10H7F3N3S/c1-6-2-4-7(5-3-6)8-14-9(10(11,12)13)16-17-15-8/h2-5H,1H3. The quantitative estimate of drug-likeness (QED) is 0.714. The van der Waals surface area contributed by atoms with Gasteiger partial charge in [0.25, 0.3) is 0 Å². The summed E-state index contributed by atoms with van der Waals surface area (Å²) in [6, 6.07) is 6.93. The van der Waals surface area contributed by atoms with E-state index in [-0.39, 0.29) is 5.84 Å². The summed E-state index contributed by atoms with van der Waals surface area (Å²) in [5.74, 6) is -1.12. The van der Waals surface area contributed by atoms with Crippen LogP contribution in [0.25, 0.3) is 0 Å². The van der Waals surface area contributed by atoms with E-state index in [1.54, 1.807) is 24.3 Å². The van der Waals surface area contributed by atoms with Crippen molar-refractivity contribution in [2.24, 2.45) is 9.39 Å². The Morgan fingerprint density at radius 1 is 1.12 bits per heavy atom. The second kappa shape index (κ2) is 4.40. The van der Waals surface area contributed by atoms with Crippen LogP contribution in [0.1, 0.15) is 11.1 Å². The summed E-state index contributed by atoms with van der Waals surface area (Å²) >= 11 is 0.499. The van der Waals surface area contributed by atoms with Gasteiger partial charge in [-0.3, -0.25) is 0 Å². The Kier molecular flexibility index (Phi) is 3.10. The van der Waals surface area contributed by atoms with Crippen molar-refractivity contribution in [2.45, 2.75) is 13.1 Å². The van der Waals surface area contributed by atoms with Gasteiger partial charge >= 0.3 is 6.18 Å². The summed E-state index contributed by atoms with van der Waals surface area (Å²) in [5.41, 5.74) is 1.56. The van der Waals surface area contributed by atoms with Crippen LogP contribution in [0.15, 0.2) is 33.7 Å². The fourth-order valence-corrected chi connectivity index (χ4v) is 1.66. The third-order valence-electron chi connectivity index (χ3n) is 2.03. The number of halogens is 3. The number of hydrogen-bond donors (Lipinski definition) is 0. The van der Waals surface area contributed by atoms with Gasteiger partial charge in [-0.05, 0) is 6.92 Å². The van der Waals surface area contributed by atoms with Crippen molar-refractivity contribution in [2.75, 3.05) is 0 Å². The Morgan fingerprint density at radius 2 is 1.76 bits per heavy atom. The molecular formula is C10H7F3N3S. The number of aliphatic imine (C=N–C) groups is 1. The maximum absolute atomic E-state index is 12.4. The molecule has 7 heteroatoms. The fourth-order valence-electron chi connectivity index (χ4n) is 1.17. The van der Waals surface area contributed by atoms with E-state index in [4.69, 9.17) is 0 Å². The highest BCUT2D eigenvalue weighted by Crippen LogP contribution is 2.23. The van der Waals surface area contributed by atoms with Gasteiger partial charge in [-0.1, -0.05) is 29.8 Å². The largest absolute Gasteiger partial charge is 0.452 e. The molecule has 2 rings (SSSR count). The predicted molar refractivity (Wildman–Crippen MR) is 60.9 cm³/mol.